The Balaban J connectivity index is 2.24. The van der Waals surface area contributed by atoms with Gasteiger partial charge in [-0.2, -0.15) is 0 Å². The van der Waals surface area contributed by atoms with Gasteiger partial charge in [-0.05, 0) is 12.8 Å². The summed E-state index contributed by atoms with van der Waals surface area (Å²) in [6.45, 7) is 0.531. The minimum Gasteiger partial charge on any atom is -0.464 e. The Morgan fingerprint density at radius 2 is 2.11 bits per heavy atom. The molecular weight excluding hydrogens is 250 g/mol. The lowest BCUT2D eigenvalue weighted by atomic mass is 10.0. The summed E-state index contributed by atoms with van der Waals surface area (Å²) in [5, 5.41) is 18.2. The second-order valence-electron chi connectivity index (χ2n) is 4.90. The van der Waals surface area contributed by atoms with Crippen LogP contribution in [-0.4, -0.2) is 45.9 Å². The number of aromatic nitrogens is 3. The molecule has 0 bridgehead atoms. The second-order valence-corrected chi connectivity index (χ2v) is 4.90. The van der Waals surface area contributed by atoms with E-state index < -0.39 is 11.6 Å². The monoisotopic (exact) mass is 269 g/mol. The number of hydrogen-bond donors (Lipinski definition) is 1. The zero-order valence-electron chi connectivity index (χ0n) is 11.3. The van der Waals surface area contributed by atoms with E-state index in [4.69, 9.17) is 4.74 Å². The van der Waals surface area contributed by atoms with Crippen LogP contribution in [0.25, 0.3) is 0 Å². The number of aliphatic hydroxyl groups is 1. The van der Waals surface area contributed by atoms with Crippen LogP contribution in [0.15, 0.2) is 0 Å². The summed E-state index contributed by atoms with van der Waals surface area (Å²) in [5.74, 6) is -0.545. The van der Waals surface area contributed by atoms with Crippen molar-refractivity contribution in [3.05, 3.63) is 11.4 Å². The number of methoxy groups -OCH3 is 2. The third kappa shape index (κ3) is 2.93. The first kappa shape index (κ1) is 14.0. The van der Waals surface area contributed by atoms with Crippen LogP contribution in [0.4, 0.5) is 0 Å². The maximum Gasteiger partial charge on any atom is 0.360 e. The van der Waals surface area contributed by atoms with E-state index in [1.807, 2.05) is 0 Å². The highest BCUT2D eigenvalue weighted by atomic mass is 16.5. The minimum absolute atomic E-state index is 0.144. The van der Waals surface area contributed by atoms with Crippen molar-refractivity contribution in [1.29, 1.82) is 0 Å². The summed E-state index contributed by atoms with van der Waals surface area (Å²) < 4.78 is 11.3. The molecule has 0 spiro atoms. The summed E-state index contributed by atoms with van der Waals surface area (Å²) in [4.78, 5) is 11.6. The van der Waals surface area contributed by atoms with Crippen LogP contribution >= 0.6 is 0 Å². The highest BCUT2D eigenvalue weighted by Gasteiger charge is 2.33. The molecule has 106 valence electrons. The average molecular weight is 269 g/mol. The highest BCUT2D eigenvalue weighted by Crippen LogP contribution is 2.31. The smallest absolute Gasteiger partial charge is 0.360 e. The molecule has 1 saturated carbocycles. The molecule has 0 radical (unpaired) electrons. The van der Waals surface area contributed by atoms with Crippen LogP contribution in [0, 0.1) is 0 Å². The number of rotatable bonds is 5. The Hall–Kier alpha value is -1.47. The van der Waals surface area contributed by atoms with Crippen LogP contribution in [-0.2, 0) is 22.6 Å². The van der Waals surface area contributed by atoms with Crippen molar-refractivity contribution < 1.29 is 19.4 Å². The Labute approximate surface area is 111 Å². The molecule has 7 nitrogen and oxygen atoms in total. The topological polar surface area (TPSA) is 86.5 Å². The molecule has 2 rings (SSSR count). The molecule has 1 fully saturated rings. The van der Waals surface area contributed by atoms with Crippen molar-refractivity contribution in [2.24, 2.45) is 0 Å². The van der Waals surface area contributed by atoms with Gasteiger partial charge in [-0.3, -0.25) is 0 Å². The van der Waals surface area contributed by atoms with Gasteiger partial charge in [-0.25, -0.2) is 9.48 Å². The summed E-state index contributed by atoms with van der Waals surface area (Å²) in [6.07, 6.45) is 3.50. The maximum atomic E-state index is 11.6. The van der Waals surface area contributed by atoms with Crippen molar-refractivity contribution >= 4 is 5.97 Å². The number of hydrogen-bond acceptors (Lipinski definition) is 6. The first-order valence-electron chi connectivity index (χ1n) is 6.31. The van der Waals surface area contributed by atoms with E-state index in [2.05, 4.69) is 15.0 Å². The maximum absolute atomic E-state index is 11.6. The number of esters is 1. The lowest BCUT2D eigenvalue weighted by molar-refractivity contribution is 0.0235. The van der Waals surface area contributed by atoms with Crippen molar-refractivity contribution in [2.45, 2.75) is 44.4 Å². The average Bonchev–Trinajstić information content (AvgIpc) is 2.98. The van der Waals surface area contributed by atoms with Crippen LogP contribution in [0.1, 0.15) is 41.9 Å². The van der Waals surface area contributed by atoms with E-state index in [0.29, 0.717) is 12.2 Å². The standard InChI is InChI=1S/C12H19N3O4/c1-18-7-9-10(11(16)19-2)13-14-15(9)8-12(17)5-3-4-6-12/h17H,3-8H2,1-2H3. The normalized spacial score (nSPS) is 17.6. The summed E-state index contributed by atoms with van der Waals surface area (Å²) >= 11 is 0. The predicted molar refractivity (Wildman–Crippen MR) is 65.5 cm³/mol. The van der Waals surface area contributed by atoms with Gasteiger partial charge in [0, 0.05) is 7.11 Å². The fourth-order valence-corrected chi connectivity index (χ4v) is 2.46. The molecule has 1 aromatic rings. The fraction of sp³-hybridized carbons (Fsp3) is 0.750. The molecule has 1 aliphatic rings. The summed E-state index contributed by atoms with van der Waals surface area (Å²) in [7, 11) is 2.82. The highest BCUT2D eigenvalue weighted by molar-refractivity contribution is 5.88. The van der Waals surface area contributed by atoms with Crippen LogP contribution in [0.5, 0.6) is 0 Å². The van der Waals surface area contributed by atoms with Gasteiger partial charge in [0.1, 0.15) is 0 Å². The summed E-state index contributed by atoms with van der Waals surface area (Å²) in [6, 6.07) is 0. The lowest BCUT2D eigenvalue weighted by Gasteiger charge is -2.22. The van der Waals surface area contributed by atoms with E-state index in [-0.39, 0.29) is 12.3 Å². The quantitative estimate of drug-likeness (QED) is 0.784. The Morgan fingerprint density at radius 1 is 1.42 bits per heavy atom. The molecule has 1 N–H and O–H groups in total. The molecular formula is C12H19N3O4. The molecule has 0 aromatic carbocycles. The first-order chi connectivity index (χ1) is 9.09. The van der Waals surface area contributed by atoms with Crippen LogP contribution in [0.2, 0.25) is 0 Å². The molecule has 0 atom stereocenters. The Kier molecular flexibility index (Phi) is 4.16. The number of carbonyl (C=O) groups excluding carboxylic acids is 1. The fourth-order valence-electron chi connectivity index (χ4n) is 2.46. The van der Waals surface area contributed by atoms with Gasteiger partial charge in [0.05, 0.1) is 31.6 Å². The van der Waals surface area contributed by atoms with E-state index in [9.17, 15) is 9.90 Å². The van der Waals surface area contributed by atoms with E-state index >= 15 is 0 Å². The molecule has 0 saturated heterocycles. The van der Waals surface area contributed by atoms with Crippen molar-refractivity contribution in [1.82, 2.24) is 15.0 Å². The van der Waals surface area contributed by atoms with E-state index in [0.717, 1.165) is 25.7 Å². The molecule has 0 unspecified atom stereocenters. The molecule has 0 amide bonds. The third-order valence-electron chi connectivity index (χ3n) is 3.48. The Morgan fingerprint density at radius 3 is 2.68 bits per heavy atom. The molecule has 1 aromatic heterocycles. The third-order valence-corrected chi connectivity index (χ3v) is 3.48. The van der Waals surface area contributed by atoms with Gasteiger partial charge in [0.15, 0.2) is 5.69 Å². The van der Waals surface area contributed by atoms with Crippen molar-refractivity contribution in [3.63, 3.8) is 0 Å². The van der Waals surface area contributed by atoms with Gasteiger partial charge < -0.3 is 14.6 Å². The summed E-state index contributed by atoms with van der Waals surface area (Å²) in [5.41, 5.74) is -0.0792. The lowest BCUT2D eigenvalue weighted by Crippen LogP contribution is -2.32. The zero-order chi connectivity index (χ0) is 13.9. The van der Waals surface area contributed by atoms with E-state index in [1.54, 1.807) is 4.68 Å². The second kappa shape index (κ2) is 5.66. The molecule has 1 aliphatic carbocycles. The van der Waals surface area contributed by atoms with Gasteiger partial charge in [-0.15, -0.1) is 5.10 Å². The van der Waals surface area contributed by atoms with E-state index in [1.165, 1.54) is 14.2 Å². The molecule has 7 heteroatoms. The predicted octanol–water partition coefficient (Wildman–Crippen LogP) is 0.516. The minimum atomic E-state index is -0.760. The number of carbonyl (C=O) groups is 1. The van der Waals surface area contributed by atoms with Gasteiger partial charge in [0.2, 0.25) is 0 Å². The van der Waals surface area contributed by atoms with Crippen molar-refractivity contribution in [2.75, 3.05) is 14.2 Å². The van der Waals surface area contributed by atoms with Crippen LogP contribution < -0.4 is 0 Å². The largest absolute Gasteiger partial charge is 0.464 e. The zero-order valence-corrected chi connectivity index (χ0v) is 11.3. The molecule has 0 aliphatic heterocycles. The first-order valence-corrected chi connectivity index (χ1v) is 6.31. The SMILES string of the molecule is COCc1c(C(=O)OC)nnn1CC1(O)CCCC1. The van der Waals surface area contributed by atoms with Gasteiger partial charge in [0.25, 0.3) is 0 Å². The van der Waals surface area contributed by atoms with Gasteiger partial charge in [-0.1, -0.05) is 18.1 Å². The Bertz CT molecular complexity index is 452. The number of nitrogens with zero attached hydrogens (tertiary/aromatic N) is 3. The van der Waals surface area contributed by atoms with Crippen molar-refractivity contribution in [3.8, 4) is 0 Å². The van der Waals surface area contributed by atoms with Gasteiger partial charge >= 0.3 is 5.97 Å². The molecule has 19 heavy (non-hydrogen) atoms. The number of ether oxygens (including phenoxy) is 2. The van der Waals surface area contributed by atoms with Crippen LogP contribution in [0.3, 0.4) is 0 Å². The molecule has 1 heterocycles.